The van der Waals surface area contributed by atoms with Crippen LogP contribution in [0.3, 0.4) is 0 Å². The lowest BCUT2D eigenvalue weighted by Crippen LogP contribution is -2.44. The van der Waals surface area contributed by atoms with Crippen LogP contribution in [0.4, 0.5) is 22.7 Å². The molecule has 2 atom stereocenters. The molecule has 4 N–H and O–H groups in total. The van der Waals surface area contributed by atoms with Crippen molar-refractivity contribution < 1.29 is 29.0 Å². The van der Waals surface area contributed by atoms with Crippen molar-refractivity contribution in [2.75, 3.05) is 74.3 Å². The number of amides is 3. The van der Waals surface area contributed by atoms with Crippen molar-refractivity contribution in [2.24, 2.45) is 7.05 Å². The van der Waals surface area contributed by atoms with Crippen molar-refractivity contribution in [1.82, 2.24) is 14.4 Å². The highest BCUT2D eigenvalue weighted by Crippen LogP contribution is 2.38. The fourth-order valence-corrected chi connectivity index (χ4v) is 7.26. The molecule has 0 saturated carbocycles. The largest absolute Gasteiger partial charge is 0.493 e. The van der Waals surface area contributed by atoms with Gasteiger partial charge in [0.15, 0.2) is 11.5 Å². The minimum atomic E-state index is -0.875. The Bertz CT molecular complexity index is 1950. The zero-order valence-electron chi connectivity index (χ0n) is 30.4. The van der Waals surface area contributed by atoms with E-state index in [0.29, 0.717) is 47.1 Å². The van der Waals surface area contributed by atoms with E-state index in [-0.39, 0.29) is 36.8 Å². The Labute approximate surface area is 309 Å². The number of piperazine rings is 1. The Morgan fingerprint density at radius 2 is 1.60 bits per heavy atom. The van der Waals surface area contributed by atoms with E-state index in [2.05, 4.69) is 44.9 Å². The molecule has 7 rings (SSSR count). The monoisotopic (exact) mass is 721 g/mol. The molecule has 0 radical (unpaired) electrons. The molecule has 1 aromatic heterocycles. The average molecular weight is 722 g/mol. The number of carbonyl (C=O) groups is 3. The average Bonchev–Trinajstić information content (AvgIpc) is 3.80. The number of aryl methyl sites for hydroxylation is 1. The highest BCUT2D eigenvalue weighted by molar-refractivity contribution is 6.04. The van der Waals surface area contributed by atoms with E-state index in [1.807, 2.05) is 60.3 Å². The summed E-state index contributed by atoms with van der Waals surface area (Å²) in [4.78, 5) is 45.5. The van der Waals surface area contributed by atoms with E-state index < -0.39 is 6.23 Å². The number of aliphatic hydroxyl groups is 1. The van der Waals surface area contributed by atoms with Gasteiger partial charge in [-0.3, -0.25) is 14.4 Å². The zero-order chi connectivity index (χ0) is 37.1. The molecular formula is C40H47N7O6. The number of likely N-dealkylation sites (N-methyl/N-ethyl adjacent to an activating group) is 1. The number of nitrogens with one attached hydrogen (secondary N) is 3. The first kappa shape index (κ1) is 35.9. The highest BCUT2D eigenvalue weighted by atomic mass is 16.5. The van der Waals surface area contributed by atoms with Gasteiger partial charge in [0.25, 0.3) is 11.8 Å². The first-order valence-electron chi connectivity index (χ1n) is 18.2. The second-order valence-corrected chi connectivity index (χ2v) is 13.9. The van der Waals surface area contributed by atoms with Crippen molar-refractivity contribution in [3.8, 4) is 22.6 Å². The number of fused-ring (bicyclic) bond motifs is 2. The maximum absolute atomic E-state index is 13.2. The van der Waals surface area contributed by atoms with Crippen LogP contribution in [-0.2, 0) is 11.8 Å². The lowest BCUT2D eigenvalue weighted by Gasteiger charge is -2.34. The van der Waals surface area contributed by atoms with Crippen LogP contribution >= 0.6 is 0 Å². The second kappa shape index (κ2) is 15.6. The molecule has 0 bridgehead atoms. The fraction of sp³-hybridized carbons (Fsp3) is 0.375. The van der Waals surface area contributed by atoms with Crippen LogP contribution in [0.25, 0.3) is 11.1 Å². The third kappa shape index (κ3) is 7.96. The summed E-state index contributed by atoms with van der Waals surface area (Å²) in [5, 5.41) is 19.7. The number of ether oxygens (including phenoxy) is 2. The van der Waals surface area contributed by atoms with Gasteiger partial charge in [-0.15, -0.1) is 0 Å². The summed E-state index contributed by atoms with van der Waals surface area (Å²) in [6.07, 6.45) is 3.31. The van der Waals surface area contributed by atoms with Gasteiger partial charge in [-0.2, -0.15) is 0 Å². The van der Waals surface area contributed by atoms with E-state index in [9.17, 15) is 19.5 Å². The number of anilines is 4. The van der Waals surface area contributed by atoms with Gasteiger partial charge < -0.3 is 49.8 Å². The molecule has 4 aromatic rings. The van der Waals surface area contributed by atoms with Crippen LogP contribution in [0, 0.1) is 0 Å². The summed E-state index contributed by atoms with van der Waals surface area (Å²) >= 11 is 0. The van der Waals surface area contributed by atoms with Crippen molar-refractivity contribution in [3.05, 3.63) is 84.2 Å². The third-order valence-electron chi connectivity index (χ3n) is 10.3. The van der Waals surface area contributed by atoms with Crippen LogP contribution in [0.15, 0.2) is 72.9 Å². The maximum atomic E-state index is 13.2. The third-order valence-corrected chi connectivity index (χ3v) is 10.3. The van der Waals surface area contributed by atoms with E-state index in [1.165, 1.54) is 7.11 Å². The van der Waals surface area contributed by atoms with E-state index >= 15 is 0 Å². The van der Waals surface area contributed by atoms with Gasteiger partial charge in [-0.1, -0.05) is 12.1 Å². The molecule has 0 aliphatic carbocycles. The predicted molar refractivity (Wildman–Crippen MR) is 205 cm³/mol. The van der Waals surface area contributed by atoms with Crippen molar-refractivity contribution >= 4 is 40.5 Å². The molecule has 0 unspecified atom stereocenters. The molecule has 13 heteroatoms. The number of carbonyl (C=O) groups excluding carboxylic acids is 3. The molecule has 3 aromatic carbocycles. The van der Waals surface area contributed by atoms with Crippen LogP contribution in [0.5, 0.6) is 11.5 Å². The number of aromatic nitrogens is 1. The van der Waals surface area contributed by atoms with Gasteiger partial charge in [0.05, 0.1) is 31.0 Å². The van der Waals surface area contributed by atoms with Crippen LogP contribution in [0.2, 0.25) is 0 Å². The molecule has 278 valence electrons. The quantitative estimate of drug-likeness (QED) is 0.160. The number of methoxy groups -OCH3 is 1. The van der Waals surface area contributed by atoms with Crippen molar-refractivity contribution in [3.63, 3.8) is 0 Å². The smallest absolute Gasteiger partial charge is 0.272 e. The minimum absolute atomic E-state index is 0.143. The number of hydrogen-bond donors (Lipinski definition) is 4. The topological polar surface area (TPSA) is 141 Å². The molecule has 3 aliphatic rings. The zero-order valence-corrected chi connectivity index (χ0v) is 30.4. The molecule has 3 amide bonds. The Morgan fingerprint density at radius 3 is 2.34 bits per heavy atom. The standard InChI is InChI=1S/C40H47N7O6/c1-44-17-19-46(20-18-44)30-14-12-29(13-15-30)42-39(50)34-22-27(25-45(34)2)26-8-10-28(11-9-26)41-37(48)7-5-21-53-36-24-32-31(23-35(36)52-3)40(51)47-16-4-6-33(47)38(49)43-32/h8-15,22-25,33,38,43,49H,4-7,16-21H2,1-3H3,(H,41,48)(H,42,50)/t33-,38-/m0/s1. The van der Waals surface area contributed by atoms with Crippen molar-refractivity contribution in [1.29, 1.82) is 0 Å². The first-order valence-corrected chi connectivity index (χ1v) is 18.2. The lowest BCUT2D eigenvalue weighted by atomic mass is 10.1. The second-order valence-electron chi connectivity index (χ2n) is 13.9. The summed E-state index contributed by atoms with van der Waals surface area (Å²) in [7, 11) is 5.50. The summed E-state index contributed by atoms with van der Waals surface area (Å²) < 4.78 is 13.3. The summed E-state index contributed by atoms with van der Waals surface area (Å²) in [5.74, 6) is 0.352. The van der Waals surface area contributed by atoms with Gasteiger partial charge in [0.1, 0.15) is 11.9 Å². The van der Waals surface area contributed by atoms with E-state index in [1.54, 1.807) is 17.0 Å². The number of aliphatic hydroxyl groups excluding tert-OH is 1. The Hall–Kier alpha value is -5.53. The summed E-state index contributed by atoms with van der Waals surface area (Å²) in [6, 6.07) is 20.4. The molecular weight excluding hydrogens is 674 g/mol. The first-order chi connectivity index (χ1) is 25.7. The Kier molecular flexibility index (Phi) is 10.6. The Morgan fingerprint density at radius 1 is 0.887 bits per heavy atom. The minimum Gasteiger partial charge on any atom is -0.493 e. The molecule has 4 heterocycles. The number of nitrogens with zero attached hydrogens (tertiary/aromatic N) is 4. The maximum Gasteiger partial charge on any atom is 0.272 e. The summed E-state index contributed by atoms with van der Waals surface area (Å²) in [6.45, 7) is 4.90. The number of benzene rings is 3. The number of rotatable bonds is 11. The van der Waals surface area contributed by atoms with Gasteiger partial charge in [-0.05, 0) is 80.4 Å². The van der Waals surface area contributed by atoms with Gasteiger partial charge >= 0.3 is 0 Å². The highest BCUT2D eigenvalue weighted by Gasteiger charge is 2.39. The fourth-order valence-electron chi connectivity index (χ4n) is 7.26. The number of hydrogen-bond acceptors (Lipinski definition) is 9. The van der Waals surface area contributed by atoms with Crippen LogP contribution in [-0.4, -0.2) is 103 Å². The van der Waals surface area contributed by atoms with Gasteiger partial charge in [0, 0.05) is 81.1 Å². The van der Waals surface area contributed by atoms with Gasteiger partial charge in [-0.25, -0.2) is 0 Å². The van der Waals surface area contributed by atoms with Gasteiger partial charge in [0.2, 0.25) is 5.91 Å². The molecule has 0 spiro atoms. The van der Waals surface area contributed by atoms with Crippen molar-refractivity contribution in [2.45, 2.75) is 38.0 Å². The molecule has 3 aliphatic heterocycles. The van der Waals surface area contributed by atoms with E-state index in [0.717, 1.165) is 61.5 Å². The Balaban J connectivity index is 0.892. The molecule has 13 nitrogen and oxygen atoms in total. The predicted octanol–water partition coefficient (Wildman–Crippen LogP) is 4.85. The van der Waals surface area contributed by atoms with Crippen LogP contribution < -0.4 is 30.3 Å². The normalized spacial score (nSPS) is 18.5. The molecule has 2 fully saturated rings. The molecule has 53 heavy (non-hydrogen) atoms. The molecule has 2 saturated heterocycles. The summed E-state index contributed by atoms with van der Waals surface area (Å²) in [5.41, 5.74) is 5.83. The lowest BCUT2D eigenvalue weighted by molar-refractivity contribution is -0.116. The van der Waals surface area contributed by atoms with Crippen LogP contribution in [0.1, 0.15) is 46.5 Å². The SMILES string of the molecule is COc1cc2c(cc1OCCCC(=O)Nc1ccc(-c3cc(C(=O)Nc4ccc(N5CCN(C)CC5)cc4)n(C)c3)cc1)N[C@@H](O)[C@@H]1CCCN1C2=O. The van der Waals surface area contributed by atoms with E-state index in [4.69, 9.17) is 9.47 Å².